The Morgan fingerprint density at radius 1 is 1.60 bits per heavy atom. The zero-order valence-electron chi connectivity index (χ0n) is 12.9. The fourth-order valence-electron chi connectivity index (χ4n) is 2.82. The van der Waals surface area contributed by atoms with Crippen molar-refractivity contribution in [2.45, 2.75) is 33.1 Å². The number of piperidine rings is 1. The van der Waals surface area contributed by atoms with E-state index in [0.29, 0.717) is 5.92 Å². The van der Waals surface area contributed by atoms with Gasteiger partial charge in [0.1, 0.15) is 0 Å². The van der Waals surface area contributed by atoms with Gasteiger partial charge in [-0.1, -0.05) is 6.92 Å². The first-order chi connectivity index (χ1) is 9.63. The van der Waals surface area contributed by atoms with Crippen LogP contribution in [0.1, 0.15) is 42.2 Å². The lowest BCUT2D eigenvalue weighted by atomic mass is 9.98. The Hall–Kier alpha value is -1.36. The molecule has 2 rings (SSSR count). The lowest BCUT2D eigenvalue weighted by Gasteiger charge is -2.30. The molecule has 0 spiro atoms. The van der Waals surface area contributed by atoms with Gasteiger partial charge >= 0.3 is 0 Å². The van der Waals surface area contributed by atoms with E-state index in [0.717, 1.165) is 43.9 Å². The van der Waals surface area contributed by atoms with E-state index in [9.17, 15) is 4.79 Å². The minimum absolute atomic E-state index is 0.128. The van der Waals surface area contributed by atoms with Crippen molar-refractivity contribution in [3.63, 3.8) is 0 Å². The van der Waals surface area contributed by atoms with Gasteiger partial charge in [-0.15, -0.1) is 0 Å². The monoisotopic (exact) mass is 278 g/mol. The summed E-state index contributed by atoms with van der Waals surface area (Å²) in [6, 6.07) is 0. The number of aryl methyl sites for hydroxylation is 1. The first-order valence-electron chi connectivity index (χ1n) is 7.62. The predicted octanol–water partition coefficient (Wildman–Crippen LogP) is 1.58. The molecule has 1 amide bonds. The number of amides is 1. The van der Waals surface area contributed by atoms with Crippen molar-refractivity contribution in [2.24, 2.45) is 13.0 Å². The highest BCUT2D eigenvalue weighted by Gasteiger charge is 2.23. The molecular weight excluding hydrogens is 252 g/mol. The van der Waals surface area contributed by atoms with Crippen LogP contribution in [0.4, 0.5) is 0 Å². The highest BCUT2D eigenvalue weighted by Crippen LogP contribution is 2.16. The van der Waals surface area contributed by atoms with Gasteiger partial charge in [0.2, 0.25) is 0 Å². The molecule has 1 fully saturated rings. The number of hydrogen-bond donors (Lipinski definition) is 1. The molecule has 1 unspecified atom stereocenters. The van der Waals surface area contributed by atoms with Crippen LogP contribution in [0, 0.1) is 12.8 Å². The summed E-state index contributed by atoms with van der Waals surface area (Å²) >= 11 is 0. The molecule has 2 heterocycles. The molecule has 1 aromatic rings. The van der Waals surface area contributed by atoms with Gasteiger partial charge in [-0.3, -0.25) is 9.48 Å². The smallest absolute Gasteiger partial charge is 0.257 e. The number of carbonyl (C=O) groups excluding carboxylic acids is 1. The Labute approximate surface area is 121 Å². The zero-order chi connectivity index (χ0) is 14.5. The maximum atomic E-state index is 12.7. The van der Waals surface area contributed by atoms with Crippen molar-refractivity contribution in [1.82, 2.24) is 20.0 Å². The van der Waals surface area contributed by atoms with E-state index >= 15 is 0 Å². The average Bonchev–Trinajstić information content (AvgIpc) is 2.79. The molecule has 1 aromatic heterocycles. The minimum atomic E-state index is 0.128. The standard InChI is InChI=1S/C15H26N4O/c1-4-8-19(11-13-6-5-7-16-9-13)15(20)14-10-17-18(3)12(14)2/h10,13,16H,4-9,11H2,1-3H3. The molecule has 1 atom stereocenters. The maximum Gasteiger partial charge on any atom is 0.257 e. The fraction of sp³-hybridized carbons (Fsp3) is 0.733. The summed E-state index contributed by atoms with van der Waals surface area (Å²) in [6.45, 7) is 7.89. The van der Waals surface area contributed by atoms with Gasteiger partial charge in [0.25, 0.3) is 5.91 Å². The van der Waals surface area contributed by atoms with Gasteiger partial charge < -0.3 is 10.2 Å². The van der Waals surface area contributed by atoms with Gasteiger partial charge in [-0.2, -0.15) is 5.10 Å². The third kappa shape index (κ3) is 3.39. The van der Waals surface area contributed by atoms with Crippen LogP contribution >= 0.6 is 0 Å². The summed E-state index contributed by atoms with van der Waals surface area (Å²) < 4.78 is 1.76. The number of carbonyl (C=O) groups is 1. The number of nitrogens with zero attached hydrogens (tertiary/aromatic N) is 3. The second kappa shape index (κ2) is 6.88. The zero-order valence-corrected chi connectivity index (χ0v) is 12.9. The van der Waals surface area contributed by atoms with E-state index in [1.54, 1.807) is 10.9 Å². The van der Waals surface area contributed by atoms with Gasteiger partial charge in [0.15, 0.2) is 0 Å². The van der Waals surface area contributed by atoms with Gasteiger partial charge in [-0.25, -0.2) is 0 Å². The van der Waals surface area contributed by atoms with Crippen LogP contribution in [0.25, 0.3) is 0 Å². The summed E-state index contributed by atoms with van der Waals surface area (Å²) in [5.41, 5.74) is 1.68. The van der Waals surface area contributed by atoms with Gasteiger partial charge in [0, 0.05) is 25.8 Å². The number of rotatable bonds is 5. The lowest BCUT2D eigenvalue weighted by Crippen LogP contribution is -2.41. The van der Waals surface area contributed by atoms with Crippen LogP contribution in [0.5, 0.6) is 0 Å². The summed E-state index contributed by atoms with van der Waals surface area (Å²) in [4.78, 5) is 14.7. The number of aromatic nitrogens is 2. The summed E-state index contributed by atoms with van der Waals surface area (Å²) in [5, 5.41) is 7.61. The Morgan fingerprint density at radius 2 is 2.40 bits per heavy atom. The largest absolute Gasteiger partial charge is 0.338 e. The van der Waals surface area contributed by atoms with E-state index in [2.05, 4.69) is 17.3 Å². The van der Waals surface area contributed by atoms with E-state index in [1.807, 2.05) is 18.9 Å². The van der Waals surface area contributed by atoms with E-state index in [-0.39, 0.29) is 5.91 Å². The van der Waals surface area contributed by atoms with Crippen LogP contribution in [0.15, 0.2) is 6.20 Å². The SMILES string of the molecule is CCCN(CC1CCCNC1)C(=O)c1cnn(C)c1C. The molecular formula is C15H26N4O. The Kier molecular flexibility index (Phi) is 5.17. The molecule has 20 heavy (non-hydrogen) atoms. The van der Waals surface area contributed by atoms with Crippen molar-refractivity contribution < 1.29 is 4.79 Å². The van der Waals surface area contributed by atoms with E-state index in [1.165, 1.54) is 12.8 Å². The Morgan fingerprint density at radius 3 is 2.95 bits per heavy atom. The third-order valence-electron chi connectivity index (χ3n) is 4.12. The molecule has 0 aromatic carbocycles. The maximum absolute atomic E-state index is 12.7. The second-order valence-corrected chi connectivity index (χ2v) is 5.73. The first kappa shape index (κ1) is 15.0. The fourth-order valence-corrected chi connectivity index (χ4v) is 2.82. The molecule has 5 heteroatoms. The number of hydrogen-bond acceptors (Lipinski definition) is 3. The number of nitrogens with one attached hydrogen (secondary N) is 1. The molecule has 0 aliphatic carbocycles. The minimum Gasteiger partial charge on any atom is -0.338 e. The van der Waals surface area contributed by atoms with Crippen molar-refractivity contribution in [3.8, 4) is 0 Å². The summed E-state index contributed by atoms with van der Waals surface area (Å²) in [6.07, 6.45) is 5.11. The summed E-state index contributed by atoms with van der Waals surface area (Å²) in [7, 11) is 1.88. The Balaban J connectivity index is 2.06. The molecule has 0 radical (unpaired) electrons. The Bertz CT molecular complexity index is 449. The van der Waals surface area contributed by atoms with Crippen molar-refractivity contribution in [3.05, 3.63) is 17.5 Å². The average molecular weight is 278 g/mol. The van der Waals surface area contributed by atoms with Gasteiger partial charge in [-0.05, 0) is 45.2 Å². The van der Waals surface area contributed by atoms with Crippen LogP contribution in [-0.4, -0.2) is 46.8 Å². The topological polar surface area (TPSA) is 50.2 Å². The van der Waals surface area contributed by atoms with Crippen molar-refractivity contribution in [1.29, 1.82) is 0 Å². The van der Waals surface area contributed by atoms with Crippen molar-refractivity contribution >= 4 is 5.91 Å². The molecule has 0 bridgehead atoms. The van der Waals surface area contributed by atoms with Crippen molar-refractivity contribution in [2.75, 3.05) is 26.2 Å². The van der Waals surface area contributed by atoms with Crippen LogP contribution in [0.3, 0.4) is 0 Å². The van der Waals surface area contributed by atoms with E-state index < -0.39 is 0 Å². The summed E-state index contributed by atoms with van der Waals surface area (Å²) in [5.74, 6) is 0.708. The normalized spacial score (nSPS) is 19.1. The molecule has 112 valence electrons. The van der Waals surface area contributed by atoms with Crippen LogP contribution < -0.4 is 5.32 Å². The van der Waals surface area contributed by atoms with Gasteiger partial charge in [0.05, 0.1) is 11.8 Å². The predicted molar refractivity (Wildman–Crippen MR) is 79.7 cm³/mol. The molecule has 1 saturated heterocycles. The first-order valence-corrected chi connectivity index (χ1v) is 7.62. The molecule has 5 nitrogen and oxygen atoms in total. The lowest BCUT2D eigenvalue weighted by molar-refractivity contribution is 0.0718. The van der Waals surface area contributed by atoms with E-state index in [4.69, 9.17) is 0 Å². The molecule has 1 aliphatic heterocycles. The van der Waals surface area contributed by atoms with Crippen LogP contribution in [-0.2, 0) is 7.05 Å². The second-order valence-electron chi connectivity index (χ2n) is 5.73. The highest BCUT2D eigenvalue weighted by atomic mass is 16.2. The molecule has 1 N–H and O–H groups in total. The molecule has 1 aliphatic rings. The van der Waals surface area contributed by atoms with Crippen LogP contribution in [0.2, 0.25) is 0 Å². The quantitative estimate of drug-likeness (QED) is 0.889. The molecule has 0 saturated carbocycles. The third-order valence-corrected chi connectivity index (χ3v) is 4.12. The highest BCUT2D eigenvalue weighted by molar-refractivity contribution is 5.95.